The summed E-state index contributed by atoms with van der Waals surface area (Å²) in [6.45, 7) is 4.47. The topological polar surface area (TPSA) is 40.5 Å². The molecule has 0 aromatic rings. The van der Waals surface area contributed by atoms with Gasteiger partial charge in [0.05, 0.1) is 6.26 Å². The van der Waals surface area contributed by atoms with Gasteiger partial charge >= 0.3 is 0 Å². The summed E-state index contributed by atoms with van der Waals surface area (Å²) in [6.07, 6.45) is 40.0. The molecule has 0 spiro atoms. The minimum Gasteiger partial charge on any atom is -0.516 e. The van der Waals surface area contributed by atoms with Crippen LogP contribution in [0.25, 0.3) is 0 Å². The van der Waals surface area contributed by atoms with Gasteiger partial charge in [0.25, 0.3) is 0 Å². The molecule has 192 valence electrons. The Kier molecular flexibility index (Phi) is 24.4. The van der Waals surface area contributed by atoms with Crippen LogP contribution in [0.3, 0.4) is 0 Å². The molecule has 0 saturated carbocycles. The second-order valence-corrected chi connectivity index (χ2v) is 9.65. The Balaban J connectivity index is 3.78. The van der Waals surface area contributed by atoms with Gasteiger partial charge in [-0.3, -0.25) is 0 Å². The molecule has 0 bridgehead atoms. The molecule has 0 radical (unpaired) electrons. The van der Waals surface area contributed by atoms with E-state index >= 15 is 0 Å². The van der Waals surface area contributed by atoms with Gasteiger partial charge in [0.1, 0.15) is 5.60 Å². The summed E-state index contributed by atoms with van der Waals surface area (Å²) in [5.41, 5.74) is -1.02. The van der Waals surface area contributed by atoms with E-state index in [9.17, 15) is 5.11 Å². The first kappa shape index (κ1) is 31.7. The fourth-order valence-corrected chi connectivity index (χ4v) is 4.07. The van der Waals surface area contributed by atoms with Crippen LogP contribution in [0.4, 0.5) is 0 Å². The predicted octanol–water partition coefficient (Wildman–Crippen LogP) is 10.3. The van der Waals surface area contributed by atoms with Crippen molar-refractivity contribution in [2.24, 2.45) is 0 Å². The summed E-state index contributed by atoms with van der Waals surface area (Å²) in [7, 11) is 0. The van der Waals surface area contributed by atoms with E-state index in [4.69, 9.17) is 5.11 Å². The normalized spacial score (nSPS) is 14.4. The Morgan fingerprint density at radius 1 is 0.515 bits per heavy atom. The van der Waals surface area contributed by atoms with Crippen LogP contribution in [0.15, 0.2) is 48.8 Å². The molecule has 1 atom stereocenters. The smallest absolute Gasteiger partial charge is 0.105 e. The average Bonchev–Trinajstić information content (AvgIpc) is 2.82. The van der Waals surface area contributed by atoms with Crippen molar-refractivity contribution in [1.82, 2.24) is 0 Å². The molecule has 0 aromatic carbocycles. The van der Waals surface area contributed by atoms with E-state index in [0.29, 0.717) is 6.42 Å². The van der Waals surface area contributed by atoms with Crippen LogP contribution in [-0.4, -0.2) is 15.8 Å². The molecule has 33 heavy (non-hydrogen) atoms. The summed E-state index contributed by atoms with van der Waals surface area (Å²) in [6, 6.07) is 0. The molecule has 0 fully saturated rings. The molecule has 2 nitrogen and oxygen atoms in total. The van der Waals surface area contributed by atoms with E-state index in [-0.39, 0.29) is 0 Å². The van der Waals surface area contributed by atoms with Crippen molar-refractivity contribution in [3.63, 3.8) is 0 Å². The standard InChI is InChI=1S/C31H56O2/c1-3-5-7-9-11-12-13-14-15-16-17-18-19-20-21-23-25-28-31(33,29-26-30-32)27-24-22-10-8-6-4-2/h10,22,24-28,30,32-33H,3-9,11-21,23,29H2,1-2H3. The number of hydrogen-bond donors (Lipinski definition) is 2. The van der Waals surface area contributed by atoms with Gasteiger partial charge in [-0.05, 0) is 31.4 Å². The Labute approximate surface area is 207 Å². The van der Waals surface area contributed by atoms with Crippen LogP contribution in [0.5, 0.6) is 0 Å². The van der Waals surface area contributed by atoms with Gasteiger partial charge in [-0.25, -0.2) is 0 Å². The van der Waals surface area contributed by atoms with Crippen LogP contribution in [0, 0.1) is 0 Å². The first-order chi connectivity index (χ1) is 16.2. The van der Waals surface area contributed by atoms with Gasteiger partial charge in [-0.1, -0.05) is 147 Å². The molecule has 0 aliphatic rings. The summed E-state index contributed by atoms with van der Waals surface area (Å²) >= 11 is 0. The molecule has 0 amide bonds. The van der Waals surface area contributed by atoms with Crippen molar-refractivity contribution in [2.45, 2.75) is 148 Å². The minimum atomic E-state index is -1.02. The zero-order valence-corrected chi connectivity index (χ0v) is 22.2. The summed E-state index contributed by atoms with van der Waals surface area (Å²) in [5.74, 6) is 0. The first-order valence-electron chi connectivity index (χ1n) is 14.2. The van der Waals surface area contributed by atoms with E-state index in [1.807, 2.05) is 24.3 Å². The van der Waals surface area contributed by atoms with Gasteiger partial charge in [0.2, 0.25) is 0 Å². The van der Waals surface area contributed by atoms with E-state index in [0.717, 1.165) is 19.1 Å². The number of aliphatic hydroxyl groups excluding tert-OH is 1. The third-order valence-electron chi connectivity index (χ3n) is 6.29. The Morgan fingerprint density at radius 3 is 1.52 bits per heavy atom. The van der Waals surface area contributed by atoms with Gasteiger partial charge in [0.15, 0.2) is 0 Å². The summed E-state index contributed by atoms with van der Waals surface area (Å²) in [5, 5.41) is 19.8. The maximum absolute atomic E-state index is 10.8. The van der Waals surface area contributed by atoms with Crippen molar-refractivity contribution >= 4 is 0 Å². The number of rotatable bonds is 24. The molecule has 0 aliphatic heterocycles. The molecule has 0 aromatic heterocycles. The molecule has 0 aliphatic carbocycles. The number of allylic oxidation sites excluding steroid dienone is 4. The lowest BCUT2D eigenvalue weighted by atomic mass is 9.97. The quantitative estimate of drug-likeness (QED) is 0.0650. The Hall–Kier alpha value is -1.28. The Bertz CT molecular complexity index is 503. The molecule has 0 rings (SSSR count). The molecule has 1 unspecified atom stereocenters. The van der Waals surface area contributed by atoms with Gasteiger partial charge in [-0.2, -0.15) is 0 Å². The van der Waals surface area contributed by atoms with Crippen molar-refractivity contribution < 1.29 is 10.2 Å². The van der Waals surface area contributed by atoms with Gasteiger partial charge < -0.3 is 10.2 Å². The summed E-state index contributed by atoms with van der Waals surface area (Å²) in [4.78, 5) is 0. The van der Waals surface area contributed by atoms with Crippen LogP contribution >= 0.6 is 0 Å². The van der Waals surface area contributed by atoms with Crippen LogP contribution < -0.4 is 0 Å². The lowest BCUT2D eigenvalue weighted by Gasteiger charge is -2.18. The lowest BCUT2D eigenvalue weighted by Crippen LogP contribution is -2.21. The number of hydrogen-bond acceptors (Lipinski definition) is 2. The molecule has 0 saturated heterocycles. The highest BCUT2D eigenvalue weighted by Gasteiger charge is 2.17. The average molecular weight is 461 g/mol. The first-order valence-corrected chi connectivity index (χ1v) is 14.2. The summed E-state index contributed by atoms with van der Waals surface area (Å²) < 4.78 is 0. The Morgan fingerprint density at radius 2 is 1.00 bits per heavy atom. The maximum Gasteiger partial charge on any atom is 0.105 e. The van der Waals surface area contributed by atoms with Crippen LogP contribution in [0.2, 0.25) is 0 Å². The second-order valence-electron chi connectivity index (χ2n) is 9.65. The second kappa shape index (κ2) is 25.3. The van der Waals surface area contributed by atoms with Crippen molar-refractivity contribution in [3.05, 3.63) is 48.8 Å². The highest BCUT2D eigenvalue weighted by molar-refractivity contribution is 5.19. The fourth-order valence-electron chi connectivity index (χ4n) is 4.07. The van der Waals surface area contributed by atoms with Crippen molar-refractivity contribution in [2.75, 3.05) is 0 Å². The van der Waals surface area contributed by atoms with Gasteiger partial charge in [-0.15, -0.1) is 0 Å². The van der Waals surface area contributed by atoms with Gasteiger partial charge in [0, 0.05) is 6.42 Å². The molecule has 2 heteroatoms. The zero-order chi connectivity index (χ0) is 24.3. The molecular formula is C31H56O2. The van der Waals surface area contributed by atoms with E-state index in [2.05, 4.69) is 26.0 Å². The van der Waals surface area contributed by atoms with Crippen molar-refractivity contribution in [1.29, 1.82) is 0 Å². The predicted molar refractivity (Wildman–Crippen MR) is 148 cm³/mol. The third kappa shape index (κ3) is 23.7. The highest BCUT2D eigenvalue weighted by Crippen LogP contribution is 2.18. The maximum atomic E-state index is 10.8. The van der Waals surface area contributed by atoms with Crippen molar-refractivity contribution in [3.8, 4) is 0 Å². The van der Waals surface area contributed by atoms with Crippen LogP contribution in [-0.2, 0) is 0 Å². The van der Waals surface area contributed by atoms with E-state index in [1.54, 1.807) is 6.08 Å². The largest absolute Gasteiger partial charge is 0.516 e. The van der Waals surface area contributed by atoms with Crippen LogP contribution in [0.1, 0.15) is 142 Å². The molecule has 2 N–H and O–H groups in total. The SMILES string of the molecule is CCCCC=CC=CC(O)(C=CCCCCCCCCCCCCCCCCC)CC=CO. The zero-order valence-electron chi connectivity index (χ0n) is 22.2. The molecule has 0 heterocycles. The minimum absolute atomic E-state index is 0.387. The van der Waals surface area contributed by atoms with E-state index < -0.39 is 5.60 Å². The monoisotopic (exact) mass is 460 g/mol. The highest BCUT2D eigenvalue weighted by atomic mass is 16.3. The fraction of sp³-hybridized carbons (Fsp3) is 0.742. The third-order valence-corrected chi connectivity index (χ3v) is 6.29. The lowest BCUT2D eigenvalue weighted by molar-refractivity contribution is 0.145. The number of aliphatic hydroxyl groups is 2. The number of unbranched alkanes of at least 4 members (excludes halogenated alkanes) is 17. The molecular weight excluding hydrogens is 404 g/mol. The van der Waals surface area contributed by atoms with E-state index in [1.165, 1.54) is 109 Å².